The van der Waals surface area contributed by atoms with Crippen LogP contribution in [0.15, 0.2) is 0 Å². The Kier molecular flexibility index (Phi) is 2.93. The molecule has 0 aromatic carbocycles. The molecule has 1 atom stereocenters. The summed E-state index contributed by atoms with van der Waals surface area (Å²) in [4.78, 5) is 0. The Morgan fingerprint density at radius 3 is 3.00 bits per heavy atom. The Bertz CT molecular complexity index is 125. The second-order valence-electron chi connectivity index (χ2n) is 2.69. The van der Waals surface area contributed by atoms with Crippen molar-refractivity contribution in [3.63, 3.8) is 0 Å². The SMILES string of the molecule is CCCCC1CNC(=S)N1. The van der Waals surface area contributed by atoms with Gasteiger partial charge in [-0.25, -0.2) is 0 Å². The Morgan fingerprint density at radius 1 is 1.70 bits per heavy atom. The minimum Gasteiger partial charge on any atom is -0.361 e. The molecule has 2 nitrogen and oxygen atoms in total. The van der Waals surface area contributed by atoms with Crippen LogP contribution in [0.2, 0.25) is 0 Å². The molecule has 1 saturated heterocycles. The fourth-order valence-corrected chi connectivity index (χ4v) is 1.38. The summed E-state index contributed by atoms with van der Waals surface area (Å²) in [6.45, 7) is 3.22. The van der Waals surface area contributed by atoms with Gasteiger partial charge < -0.3 is 10.6 Å². The molecule has 58 valence electrons. The minimum absolute atomic E-state index is 0.590. The number of nitrogens with one attached hydrogen (secondary N) is 2. The molecular formula is C7H14N2S. The van der Waals surface area contributed by atoms with Crippen molar-refractivity contribution >= 4 is 17.3 Å². The maximum atomic E-state index is 4.92. The molecule has 0 saturated carbocycles. The highest BCUT2D eigenvalue weighted by molar-refractivity contribution is 7.80. The van der Waals surface area contributed by atoms with E-state index in [1.807, 2.05) is 0 Å². The van der Waals surface area contributed by atoms with Crippen LogP contribution >= 0.6 is 12.2 Å². The van der Waals surface area contributed by atoms with E-state index in [2.05, 4.69) is 17.6 Å². The van der Waals surface area contributed by atoms with Crippen LogP contribution in [-0.4, -0.2) is 17.7 Å². The van der Waals surface area contributed by atoms with Crippen molar-refractivity contribution in [3.05, 3.63) is 0 Å². The Labute approximate surface area is 67.4 Å². The zero-order valence-corrected chi connectivity index (χ0v) is 7.13. The second kappa shape index (κ2) is 3.76. The molecule has 1 rings (SSSR count). The molecule has 0 amide bonds. The van der Waals surface area contributed by atoms with Gasteiger partial charge >= 0.3 is 0 Å². The van der Waals surface area contributed by atoms with Crippen LogP contribution in [0.5, 0.6) is 0 Å². The highest BCUT2D eigenvalue weighted by Gasteiger charge is 2.15. The van der Waals surface area contributed by atoms with E-state index in [-0.39, 0.29) is 0 Å². The second-order valence-corrected chi connectivity index (χ2v) is 3.10. The van der Waals surface area contributed by atoms with Gasteiger partial charge in [0.2, 0.25) is 0 Å². The minimum atomic E-state index is 0.590. The topological polar surface area (TPSA) is 24.1 Å². The third-order valence-electron chi connectivity index (χ3n) is 1.75. The van der Waals surface area contributed by atoms with Gasteiger partial charge in [0.05, 0.1) is 0 Å². The maximum absolute atomic E-state index is 4.92. The van der Waals surface area contributed by atoms with Crippen molar-refractivity contribution in [2.75, 3.05) is 6.54 Å². The Hall–Kier alpha value is -0.310. The predicted molar refractivity (Wildman–Crippen MR) is 47.0 cm³/mol. The van der Waals surface area contributed by atoms with Gasteiger partial charge in [-0.1, -0.05) is 19.8 Å². The van der Waals surface area contributed by atoms with Crippen molar-refractivity contribution in [3.8, 4) is 0 Å². The van der Waals surface area contributed by atoms with Crippen LogP contribution in [-0.2, 0) is 0 Å². The van der Waals surface area contributed by atoms with Crippen molar-refractivity contribution in [1.82, 2.24) is 10.6 Å². The number of rotatable bonds is 3. The molecule has 0 aromatic heterocycles. The van der Waals surface area contributed by atoms with E-state index in [1.54, 1.807) is 0 Å². The summed E-state index contributed by atoms with van der Waals surface area (Å²) in [5, 5.41) is 7.13. The molecule has 0 bridgehead atoms. The molecule has 1 aliphatic heterocycles. The first kappa shape index (κ1) is 7.79. The molecule has 1 unspecified atom stereocenters. The molecule has 1 aliphatic rings. The van der Waals surface area contributed by atoms with Crippen LogP contribution in [0.3, 0.4) is 0 Å². The summed E-state index contributed by atoms with van der Waals surface area (Å²) in [6.07, 6.45) is 3.80. The number of hydrogen-bond donors (Lipinski definition) is 2. The van der Waals surface area contributed by atoms with Crippen molar-refractivity contribution in [2.45, 2.75) is 32.2 Å². The zero-order chi connectivity index (χ0) is 7.40. The van der Waals surface area contributed by atoms with E-state index >= 15 is 0 Å². The molecule has 0 radical (unpaired) electrons. The highest BCUT2D eigenvalue weighted by Crippen LogP contribution is 2.02. The summed E-state index contributed by atoms with van der Waals surface area (Å²) < 4.78 is 0. The quantitative estimate of drug-likeness (QED) is 0.600. The molecule has 2 N–H and O–H groups in total. The van der Waals surface area contributed by atoms with Gasteiger partial charge in [-0.05, 0) is 18.6 Å². The van der Waals surface area contributed by atoms with Gasteiger partial charge in [0, 0.05) is 12.6 Å². The highest BCUT2D eigenvalue weighted by atomic mass is 32.1. The number of thiocarbonyl (C=S) groups is 1. The summed E-state index contributed by atoms with van der Waals surface area (Å²) in [7, 11) is 0. The van der Waals surface area contributed by atoms with Gasteiger partial charge in [0.25, 0.3) is 0 Å². The van der Waals surface area contributed by atoms with Gasteiger partial charge in [0.15, 0.2) is 5.11 Å². The van der Waals surface area contributed by atoms with E-state index < -0.39 is 0 Å². The van der Waals surface area contributed by atoms with Crippen LogP contribution in [0, 0.1) is 0 Å². The number of hydrogen-bond acceptors (Lipinski definition) is 1. The summed E-state index contributed by atoms with van der Waals surface area (Å²) in [5.41, 5.74) is 0. The lowest BCUT2D eigenvalue weighted by atomic mass is 10.1. The number of unbranched alkanes of at least 4 members (excludes halogenated alkanes) is 1. The van der Waals surface area contributed by atoms with Gasteiger partial charge in [-0.15, -0.1) is 0 Å². The molecule has 10 heavy (non-hydrogen) atoms. The average molecular weight is 158 g/mol. The van der Waals surface area contributed by atoms with Crippen molar-refractivity contribution < 1.29 is 0 Å². The van der Waals surface area contributed by atoms with Crippen molar-refractivity contribution in [1.29, 1.82) is 0 Å². The van der Waals surface area contributed by atoms with Crippen LogP contribution < -0.4 is 10.6 Å². The van der Waals surface area contributed by atoms with Crippen LogP contribution in [0.25, 0.3) is 0 Å². The van der Waals surface area contributed by atoms with Gasteiger partial charge in [-0.3, -0.25) is 0 Å². The largest absolute Gasteiger partial charge is 0.361 e. The zero-order valence-electron chi connectivity index (χ0n) is 6.31. The molecule has 0 aromatic rings. The molecular weight excluding hydrogens is 144 g/mol. The third kappa shape index (κ3) is 2.14. The van der Waals surface area contributed by atoms with Crippen molar-refractivity contribution in [2.24, 2.45) is 0 Å². The van der Waals surface area contributed by atoms with Gasteiger partial charge in [0.1, 0.15) is 0 Å². The first-order valence-corrected chi connectivity index (χ1v) is 4.28. The average Bonchev–Trinajstić information content (AvgIpc) is 2.31. The summed E-state index contributed by atoms with van der Waals surface area (Å²) in [6, 6.07) is 0.590. The predicted octanol–water partition coefficient (Wildman–Crippen LogP) is 1.02. The van der Waals surface area contributed by atoms with E-state index in [4.69, 9.17) is 12.2 Å². The lowest BCUT2D eigenvalue weighted by Gasteiger charge is -2.06. The van der Waals surface area contributed by atoms with E-state index in [9.17, 15) is 0 Å². The smallest absolute Gasteiger partial charge is 0.166 e. The lowest BCUT2D eigenvalue weighted by molar-refractivity contribution is 0.566. The summed E-state index contributed by atoms with van der Waals surface area (Å²) in [5.74, 6) is 0. The van der Waals surface area contributed by atoms with Crippen LogP contribution in [0.4, 0.5) is 0 Å². The third-order valence-corrected chi connectivity index (χ3v) is 2.01. The summed E-state index contributed by atoms with van der Waals surface area (Å²) >= 11 is 4.92. The van der Waals surface area contributed by atoms with E-state index in [0.29, 0.717) is 6.04 Å². The van der Waals surface area contributed by atoms with Gasteiger partial charge in [-0.2, -0.15) is 0 Å². The first-order valence-electron chi connectivity index (χ1n) is 3.87. The first-order chi connectivity index (χ1) is 4.83. The maximum Gasteiger partial charge on any atom is 0.166 e. The lowest BCUT2D eigenvalue weighted by Crippen LogP contribution is -2.26. The molecule has 0 aliphatic carbocycles. The molecule has 0 spiro atoms. The fraction of sp³-hybridized carbons (Fsp3) is 0.857. The molecule has 3 heteroatoms. The van der Waals surface area contributed by atoms with E-state index in [0.717, 1.165) is 11.7 Å². The Morgan fingerprint density at radius 2 is 2.50 bits per heavy atom. The van der Waals surface area contributed by atoms with E-state index in [1.165, 1.54) is 19.3 Å². The monoisotopic (exact) mass is 158 g/mol. The Balaban J connectivity index is 2.12. The normalized spacial score (nSPS) is 24.1. The standard InChI is InChI=1S/C7H14N2S/c1-2-3-4-6-5-8-7(10)9-6/h6H,2-5H2,1H3,(H2,8,9,10). The molecule has 1 heterocycles. The molecule has 1 fully saturated rings. The fourth-order valence-electron chi connectivity index (χ4n) is 1.13. The van der Waals surface area contributed by atoms with Crippen LogP contribution in [0.1, 0.15) is 26.2 Å².